The van der Waals surface area contributed by atoms with Gasteiger partial charge in [-0.3, -0.25) is 4.79 Å². The van der Waals surface area contributed by atoms with Gasteiger partial charge in [0.1, 0.15) is 11.5 Å². The lowest BCUT2D eigenvalue weighted by atomic mass is 9.98. The maximum atomic E-state index is 13.3. The number of thiazole rings is 1. The van der Waals surface area contributed by atoms with Gasteiger partial charge in [0, 0.05) is 41.5 Å². The van der Waals surface area contributed by atoms with Gasteiger partial charge in [0.05, 0.1) is 5.01 Å². The average molecular weight is 329 g/mol. The topological polar surface area (TPSA) is 49.0 Å². The molecule has 6 heteroatoms. The van der Waals surface area contributed by atoms with Gasteiger partial charge in [0.15, 0.2) is 0 Å². The Hall–Kier alpha value is -2.21. The Balaban J connectivity index is 1.57. The van der Waals surface area contributed by atoms with Gasteiger partial charge in [0.25, 0.3) is 5.91 Å². The lowest BCUT2D eigenvalue weighted by Gasteiger charge is -2.31. The normalized spacial score (nSPS) is 18.5. The third-order valence-electron chi connectivity index (χ3n) is 4.32. The van der Waals surface area contributed by atoms with Crippen molar-refractivity contribution in [3.05, 3.63) is 52.4 Å². The summed E-state index contributed by atoms with van der Waals surface area (Å²) in [4.78, 5) is 22.1. The summed E-state index contributed by atoms with van der Waals surface area (Å²) < 4.78 is 13.3. The van der Waals surface area contributed by atoms with Gasteiger partial charge in [-0.25, -0.2) is 9.37 Å². The van der Waals surface area contributed by atoms with Crippen LogP contribution in [0.15, 0.2) is 35.8 Å². The molecule has 0 aliphatic carbocycles. The second-order valence-corrected chi connectivity index (χ2v) is 6.80. The van der Waals surface area contributed by atoms with E-state index in [0.29, 0.717) is 18.2 Å². The molecule has 1 atom stereocenters. The van der Waals surface area contributed by atoms with Crippen molar-refractivity contribution in [3.8, 4) is 0 Å². The van der Waals surface area contributed by atoms with E-state index in [1.165, 1.54) is 12.1 Å². The minimum absolute atomic E-state index is 0.0251. The van der Waals surface area contributed by atoms with Crippen LogP contribution in [0.5, 0.6) is 0 Å². The van der Waals surface area contributed by atoms with Gasteiger partial charge in [-0.15, -0.1) is 11.3 Å². The first kappa shape index (κ1) is 14.4. The summed E-state index contributed by atoms with van der Waals surface area (Å²) in [5.74, 6) is -0.00491. The number of fused-ring (bicyclic) bond motifs is 1. The average Bonchev–Trinajstić information content (AvgIpc) is 3.23. The number of H-pyrrole nitrogens is 1. The molecule has 1 N–H and O–H groups in total. The molecular weight excluding hydrogens is 313 g/mol. The largest absolute Gasteiger partial charge is 0.351 e. The van der Waals surface area contributed by atoms with Gasteiger partial charge in [-0.05, 0) is 37.1 Å². The van der Waals surface area contributed by atoms with Gasteiger partial charge in [-0.2, -0.15) is 0 Å². The number of likely N-dealkylation sites (tertiary alicyclic amines) is 1. The molecule has 0 unspecified atom stereocenters. The fourth-order valence-corrected chi connectivity index (χ4v) is 3.96. The Morgan fingerprint density at radius 1 is 1.39 bits per heavy atom. The number of benzene rings is 1. The second-order valence-electron chi connectivity index (χ2n) is 5.88. The monoisotopic (exact) mass is 329 g/mol. The van der Waals surface area contributed by atoms with E-state index >= 15 is 0 Å². The van der Waals surface area contributed by atoms with Crippen molar-refractivity contribution in [3.63, 3.8) is 0 Å². The zero-order valence-electron chi connectivity index (χ0n) is 12.5. The molecule has 4 rings (SSSR count). The van der Waals surface area contributed by atoms with E-state index in [1.54, 1.807) is 23.5 Å². The highest BCUT2D eigenvalue weighted by Gasteiger charge is 2.27. The van der Waals surface area contributed by atoms with Crippen LogP contribution in [0, 0.1) is 5.82 Å². The molecule has 1 amide bonds. The Kier molecular flexibility index (Phi) is 3.61. The van der Waals surface area contributed by atoms with Gasteiger partial charge in [-0.1, -0.05) is 0 Å². The van der Waals surface area contributed by atoms with Crippen LogP contribution in [-0.4, -0.2) is 33.9 Å². The maximum Gasteiger partial charge on any atom is 0.270 e. The van der Waals surface area contributed by atoms with Gasteiger partial charge in [0.2, 0.25) is 0 Å². The molecule has 3 aromatic rings. The summed E-state index contributed by atoms with van der Waals surface area (Å²) in [5.41, 5.74) is 1.30. The maximum absolute atomic E-state index is 13.3. The van der Waals surface area contributed by atoms with Crippen LogP contribution < -0.4 is 0 Å². The summed E-state index contributed by atoms with van der Waals surface area (Å²) >= 11 is 1.65. The second kappa shape index (κ2) is 5.77. The van der Waals surface area contributed by atoms with Crippen molar-refractivity contribution >= 4 is 28.1 Å². The molecule has 23 heavy (non-hydrogen) atoms. The summed E-state index contributed by atoms with van der Waals surface area (Å²) in [6, 6.07) is 6.23. The number of halogens is 1. The molecule has 1 aliphatic rings. The lowest BCUT2D eigenvalue weighted by molar-refractivity contribution is 0.0702. The van der Waals surface area contributed by atoms with E-state index < -0.39 is 0 Å². The van der Waals surface area contributed by atoms with E-state index in [1.807, 2.05) is 16.5 Å². The SMILES string of the molecule is O=C(c1cc2cc(F)ccc2[nH]1)N1CCC[C@@H](c2nccs2)C1. The number of nitrogens with one attached hydrogen (secondary N) is 1. The summed E-state index contributed by atoms with van der Waals surface area (Å²) in [6.45, 7) is 1.44. The molecule has 1 fully saturated rings. The standard InChI is InChI=1S/C17H16FN3OS/c18-13-3-4-14-12(8-13)9-15(20-14)17(22)21-6-1-2-11(10-21)16-19-5-7-23-16/h3-5,7-9,11,20H,1-2,6,10H2/t11-/m1/s1. The number of amides is 1. The third kappa shape index (κ3) is 2.74. The van der Waals surface area contributed by atoms with Crippen LogP contribution in [0.25, 0.3) is 10.9 Å². The van der Waals surface area contributed by atoms with Crippen molar-refractivity contribution in [2.45, 2.75) is 18.8 Å². The number of piperidine rings is 1. The first-order chi connectivity index (χ1) is 11.2. The minimum Gasteiger partial charge on any atom is -0.351 e. The highest BCUT2D eigenvalue weighted by Crippen LogP contribution is 2.29. The fraction of sp³-hybridized carbons (Fsp3) is 0.294. The fourth-order valence-electron chi connectivity index (χ4n) is 3.19. The Bertz CT molecular complexity index is 843. The predicted octanol–water partition coefficient (Wildman–Crippen LogP) is 3.78. The Labute approximate surface area is 137 Å². The van der Waals surface area contributed by atoms with E-state index in [-0.39, 0.29) is 11.7 Å². The molecule has 1 saturated heterocycles. The number of hydrogen-bond acceptors (Lipinski definition) is 3. The van der Waals surface area contributed by atoms with Crippen LogP contribution in [0.1, 0.15) is 34.3 Å². The van der Waals surface area contributed by atoms with Gasteiger partial charge >= 0.3 is 0 Å². The summed E-state index contributed by atoms with van der Waals surface area (Å²) in [7, 11) is 0. The molecular formula is C17H16FN3OS. The van der Waals surface area contributed by atoms with Crippen LogP contribution in [-0.2, 0) is 0 Å². The third-order valence-corrected chi connectivity index (χ3v) is 5.26. The smallest absolute Gasteiger partial charge is 0.270 e. The zero-order valence-corrected chi connectivity index (χ0v) is 13.3. The molecule has 0 bridgehead atoms. The molecule has 118 valence electrons. The van der Waals surface area contributed by atoms with Crippen molar-refractivity contribution in [2.75, 3.05) is 13.1 Å². The van der Waals surface area contributed by atoms with E-state index in [0.717, 1.165) is 35.3 Å². The summed E-state index contributed by atoms with van der Waals surface area (Å²) in [5, 5.41) is 3.80. The first-order valence-electron chi connectivity index (χ1n) is 7.67. The highest BCUT2D eigenvalue weighted by molar-refractivity contribution is 7.09. The van der Waals surface area contributed by atoms with Crippen molar-refractivity contribution < 1.29 is 9.18 Å². The number of carbonyl (C=O) groups excluding carboxylic acids is 1. The summed E-state index contributed by atoms with van der Waals surface area (Å²) in [6.07, 6.45) is 3.85. The number of rotatable bonds is 2. The molecule has 1 aromatic carbocycles. The zero-order chi connectivity index (χ0) is 15.8. The van der Waals surface area contributed by atoms with Crippen molar-refractivity contribution in [1.82, 2.24) is 14.9 Å². The van der Waals surface area contributed by atoms with Crippen LogP contribution in [0.3, 0.4) is 0 Å². The minimum atomic E-state index is -0.294. The predicted molar refractivity (Wildman–Crippen MR) is 88.2 cm³/mol. The number of hydrogen-bond donors (Lipinski definition) is 1. The molecule has 0 radical (unpaired) electrons. The van der Waals surface area contributed by atoms with E-state index in [4.69, 9.17) is 0 Å². The number of nitrogens with zero attached hydrogens (tertiary/aromatic N) is 2. The molecule has 2 aromatic heterocycles. The number of carbonyl (C=O) groups is 1. The molecule has 1 aliphatic heterocycles. The van der Waals surface area contributed by atoms with Crippen LogP contribution in [0.2, 0.25) is 0 Å². The molecule has 0 spiro atoms. The van der Waals surface area contributed by atoms with Crippen molar-refractivity contribution in [1.29, 1.82) is 0 Å². The highest BCUT2D eigenvalue weighted by atomic mass is 32.1. The quantitative estimate of drug-likeness (QED) is 0.778. The molecule has 3 heterocycles. The Morgan fingerprint density at radius 3 is 3.13 bits per heavy atom. The van der Waals surface area contributed by atoms with E-state index in [9.17, 15) is 9.18 Å². The number of aromatic nitrogens is 2. The lowest BCUT2D eigenvalue weighted by Crippen LogP contribution is -2.39. The molecule has 0 saturated carbocycles. The van der Waals surface area contributed by atoms with Crippen molar-refractivity contribution in [2.24, 2.45) is 0 Å². The van der Waals surface area contributed by atoms with Crippen LogP contribution in [0.4, 0.5) is 4.39 Å². The number of aromatic amines is 1. The molecule has 4 nitrogen and oxygen atoms in total. The first-order valence-corrected chi connectivity index (χ1v) is 8.55. The van der Waals surface area contributed by atoms with Gasteiger partial charge < -0.3 is 9.88 Å². The van der Waals surface area contributed by atoms with Crippen LogP contribution >= 0.6 is 11.3 Å². The Morgan fingerprint density at radius 2 is 2.30 bits per heavy atom. The van der Waals surface area contributed by atoms with E-state index in [2.05, 4.69) is 9.97 Å².